The molecule has 1 aromatic rings. The van der Waals surface area contributed by atoms with Crippen molar-refractivity contribution in [1.29, 1.82) is 5.41 Å². The molecule has 5 N–H and O–H groups in total. The molecule has 0 unspecified atom stereocenters. The van der Waals surface area contributed by atoms with Crippen molar-refractivity contribution in [2.45, 2.75) is 19.8 Å². The van der Waals surface area contributed by atoms with Crippen molar-refractivity contribution in [2.75, 3.05) is 6.61 Å². The van der Waals surface area contributed by atoms with E-state index in [4.69, 9.17) is 21.6 Å². The minimum atomic E-state index is -0.456. The maximum absolute atomic E-state index is 11.9. The summed E-state index contributed by atoms with van der Waals surface area (Å²) < 4.78 is 6.51. The molecule has 0 atom stereocenters. The molecule has 0 amide bonds. The van der Waals surface area contributed by atoms with Crippen LogP contribution in [-0.4, -0.2) is 28.2 Å². The number of nitrogens with one attached hydrogen (secondary N) is 1. The molecule has 19 heavy (non-hydrogen) atoms. The highest BCUT2D eigenvalue weighted by Gasteiger charge is 2.29. The Morgan fingerprint density at radius 1 is 1.53 bits per heavy atom. The van der Waals surface area contributed by atoms with Crippen LogP contribution in [0.25, 0.3) is 5.57 Å². The van der Waals surface area contributed by atoms with Crippen LogP contribution in [0.2, 0.25) is 0 Å². The largest absolute Gasteiger partial charge is 0.461 e. The Kier molecular flexibility index (Phi) is 3.28. The third kappa shape index (κ3) is 2.07. The summed E-state index contributed by atoms with van der Waals surface area (Å²) >= 11 is 0. The number of carbonyl (C=O) groups excluding carboxylic acids is 1. The maximum Gasteiger partial charge on any atom is 0.359 e. The Labute approximate surface area is 110 Å². The van der Waals surface area contributed by atoms with Crippen molar-refractivity contribution in [3.8, 4) is 0 Å². The zero-order valence-corrected chi connectivity index (χ0v) is 11.0. The molecular weight excluding hydrogens is 246 g/mol. The van der Waals surface area contributed by atoms with E-state index in [1.807, 2.05) is 0 Å². The van der Waals surface area contributed by atoms with Gasteiger partial charge in [-0.05, 0) is 19.8 Å². The summed E-state index contributed by atoms with van der Waals surface area (Å²) in [5, 5.41) is 11.8. The predicted octanol–water partition coefficient (Wildman–Crippen LogP) is 0.149. The number of esters is 1. The van der Waals surface area contributed by atoms with Gasteiger partial charge < -0.3 is 16.2 Å². The van der Waals surface area contributed by atoms with Gasteiger partial charge in [-0.15, -0.1) is 0 Å². The number of allylic oxidation sites excluding steroid dienone is 1. The van der Waals surface area contributed by atoms with Crippen LogP contribution in [0.15, 0.2) is 5.70 Å². The van der Waals surface area contributed by atoms with Gasteiger partial charge in [0.25, 0.3) is 0 Å². The molecule has 1 aliphatic rings. The first-order valence-electron chi connectivity index (χ1n) is 6.03. The van der Waals surface area contributed by atoms with E-state index >= 15 is 0 Å². The van der Waals surface area contributed by atoms with Gasteiger partial charge in [-0.3, -0.25) is 10.1 Å². The standard InChI is InChI=1S/C12H17N5O2/c1-3-19-12(18)9-6-4-5-7(13)8(11(14)15)10(6)17(2)16-9/h3-5,13H2,1-2H3,(H3,14,15). The van der Waals surface area contributed by atoms with Crippen molar-refractivity contribution in [3.05, 3.63) is 22.6 Å². The van der Waals surface area contributed by atoms with Gasteiger partial charge in [0.2, 0.25) is 0 Å². The number of rotatable bonds is 3. The highest BCUT2D eigenvalue weighted by Crippen LogP contribution is 2.31. The van der Waals surface area contributed by atoms with Gasteiger partial charge in [0.05, 0.1) is 17.9 Å². The summed E-state index contributed by atoms with van der Waals surface area (Å²) in [5.74, 6) is -0.570. The number of aryl methyl sites for hydroxylation is 1. The highest BCUT2D eigenvalue weighted by molar-refractivity contribution is 6.21. The molecule has 0 saturated heterocycles. The van der Waals surface area contributed by atoms with Gasteiger partial charge in [-0.25, -0.2) is 4.79 Å². The topological polar surface area (TPSA) is 120 Å². The molecule has 2 rings (SSSR count). The summed E-state index contributed by atoms with van der Waals surface area (Å²) in [6.45, 7) is 2.04. The van der Waals surface area contributed by atoms with Crippen molar-refractivity contribution in [3.63, 3.8) is 0 Å². The molecule has 1 aromatic heterocycles. The Morgan fingerprint density at radius 2 is 2.21 bits per heavy atom. The molecule has 0 aliphatic heterocycles. The summed E-state index contributed by atoms with van der Waals surface area (Å²) in [4.78, 5) is 11.9. The number of carbonyl (C=O) groups is 1. The molecule has 0 fully saturated rings. The lowest BCUT2D eigenvalue weighted by Crippen LogP contribution is -2.23. The van der Waals surface area contributed by atoms with Crippen LogP contribution in [0.5, 0.6) is 0 Å². The molecule has 0 bridgehead atoms. The van der Waals surface area contributed by atoms with E-state index in [1.54, 1.807) is 14.0 Å². The second-order valence-corrected chi connectivity index (χ2v) is 4.33. The van der Waals surface area contributed by atoms with Crippen LogP contribution in [0.3, 0.4) is 0 Å². The molecule has 0 aromatic carbocycles. The molecule has 0 saturated carbocycles. The Balaban J connectivity index is 2.58. The van der Waals surface area contributed by atoms with Gasteiger partial charge >= 0.3 is 5.97 Å². The quantitative estimate of drug-likeness (QED) is 0.407. The van der Waals surface area contributed by atoms with Crippen LogP contribution in [0.4, 0.5) is 0 Å². The van der Waals surface area contributed by atoms with E-state index in [2.05, 4.69) is 5.10 Å². The number of amidine groups is 1. The van der Waals surface area contributed by atoms with Gasteiger partial charge in [0.1, 0.15) is 5.84 Å². The second-order valence-electron chi connectivity index (χ2n) is 4.33. The van der Waals surface area contributed by atoms with E-state index in [0.29, 0.717) is 36.4 Å². The van der Waals surface area contributed by atoms with Crippen LogP contribution >= 0.6 is 0 Å². The fraction of sp³-hybridized carbons (Fsp3) is 0.417. The first-order valence-corrected chi connectivity index (χ1v) is 6.03. The Hall–Kier alpha value is -2.31. The third-order valence-corrected chi connectivity index (χ3v) is 3.09. The number of fused-ring (bicyclic) bond motifs is 1. The molecule has 7 heteroatoms. The van der Waals surface area contributed by atoms with Crippen molar-refractivity contribution in [1.82, 2.24) is 9.78 Å². The Morgan fingerprint density at radius 3 is 2.79 bits per heavy atom. The maximum atomic E-state index is 11.9. The predicted molar refractivity (Wildman–Crippen MR) is 70.5 cm³/mol. The lowest BCUT2D eigenvalue weighted by atomic mass is 9.92. The number of nitrogens with two attached hydrogens (primary N) is 2. The van der Waals surface area contributed by atoms with Gasteiger partial charge in [0.15, 0.2) is 5.69 Å². The molecule has 0 spiro atoms. The van der Waals surface area contributed by atoms with Crippen LogP contribution in [0, 0.1) is 5.41 Å². The monoisotopic (exact) mass is 263 g/mol. The third-order valence-electron chi connectivity index (χ3n) is 3.09. The van der Waals surface area contributed by atoms with Crippen LogP contribution < -0.4 is 11.5 Å². The zero-order chi connectivity index (χ0) is 14.2. The summed E-state index contributed by atoms with van der Waals surface area (Å²) in [6, 6.07) is 0. The van der Waals surface area contributed by atoms with E-state index in [-0.39, 0.29) is 11.5 Å². The van der Waals surface area contributed by atoms with E-state index in [0.717, 1.165) is 5.56 Å². The highest BCUT2D eigenvalue weighted by atomic mass is 16.5. The minimum absolute atomic E-state index is 0.114. The minimum Gasteiger partial charge on any atom is -0.461 e. The van der Waals surface area contributed by atoms with Crippen molar-refractivity contribution >= 4 is 17.4 Å². The molecule has 1 heterocycles. The van der Waals surface area contributed by atoms with E-state index in [9.17, 15) is 4.79 Å². The first-order chi connectivity index (χ1) is 8.97. The number of hydrogen-bond donors (Lipinski definition) is 3. The molecular formula is C12H17N5O2. The van der Waals surface area contributed by atoms with Crippen molar-refractivity contribution < 1.29 is 9.53 Å². The first kappa shape index (κ1) is 13.1. The van der Waals surface area contributed by atoms with Gasteiger partial charge in [-0.2, -0.15) is 5.10 Å². The Bertz CT molecular complexity index is 585. The van der Waals surface area contributed by atoms with Gasteiger partial charge in [0, 0.05) is 18.3 Å². The fourth-order valence-corrected chi connectivity index (χ4v) is 2.32. The zero-order valence-electron chi connectivity index (χ0n) is 11.0. The fourth-order valence-electron chi connectivity index (χ4n) is 2.32. The lowest BCUT2D eigenvalue weighted by Gasteiger charge is -2.18. The number of nitrogens with zero attached hydrogens (tertiary/aromatic N) is 2. The molecule has 1 aliphatic carbocycles. The molecule has 0 radical (unpaired) electrons. The average molecular weight is 263 g/mol. The van der Waals surface area contributed by atoms with Gasteiger partial charge in [-0.1, -0.05) is 0 Å². The van der Waals surface area contributed by atoms with E-state index < -0.39 is 5.97 Å². The number of ether oxygens (including phenoxy) is 1. The summed E-state index contributed by atoms with van der Waals surface area (Å²) in [7, 11) is 1.70. The summed E-state index contributed by atoms with van der Waals surface area (Å²) in [5.41, 5.74) is 14.2. The smallest absolute Gasteiger partial charge is 0.359 e. The average Bonchev–Trinajstić information content (AvgIpc) is 2.67. The lowest BCUT2D eigenvalue weighted by molar-refractivity contribution is 0.0517. The second kappa shape index (κ2) is 4.75. The molecule has 7 nitrogen and oxygen atoms in total. The number of hydrogen-bond acceptors (Lipinski definition) is 5. The van der Waals surface area contributed by atoms with Crippen molar-refractivity contribution in [2.24, 2.45) is 18.5 Å². The van der Waals surface area contributed by atoms with Crippen LogP contribution in [0.1, 0.15) is 35.1 Å². The normalized spacial score (nSPS) is 14.2. The molecule has 102 valence electrons. The van der Waals surface area contributed by atoms with E-state index in [1.165, 1.54) is 4.68 Å². The van der Waals surface area contributed by atoms with Crippen LogP contribution in [-0.2, 0) is 18.2 Å². The number of aromatic nitrogens is 2. The SMILES string of the molecule is CCOC(=O)c1nn(C)c2c1CCC(N)=C2C(=N)N. The summed E-state index contributed by atoms with van der Waals surface area (Å²) in [6.07, 6.45) is 1.15.